The van der Waals surface area contributed by atoms with Gasteiger partial charge in [0.25, 0.3) is 0 Å². The minimum absolute atomic E-state index is 0.0753. The van der Waals surface area contributed by atoms with E-state index in [1.807, 2.05) is 24.3 Å². The molecule has 2 aromatic rings. The Kier molecular flexibility index (Phi) is 5.26. The maximum Gasteiger partial charge on any atom is 0.227 e. The van der Waals surface area contributed by atoms with Crippen LogP contribution in [0.5, 0.6) is 5.75 Å². The van der Waals surface area contributed by atoms with Crippen molar-refractivity contribution in [3.8, 4) is 5.75 Å². The third-order valence-corrected chi connectivity index (χ3v) is 5.76. The van der Waals surface area contributed by atoms with E-state index in [0.717, 1.165) is 29.7 Å². The van der Waals surface area contributed by atoms with E-state index >= 15 is 0 Å². The molecule has 2 amide bonds. The molecule has 29 heavy (non-hydrogen) atoms. The van der Waals surface area contributed by atoms with Gasteiger partial charge in [-0.15, -0.1) is 0 Å². The molecule has 1 saturated carbocycles. The van der Waals surface area contributed by atoms with Crippen molar-refractivity contribution in [2.75, 3.05) is 18.6 Å². The predicted molar refractivity (Wildman–Crippen MR) is 108 cm³/mol. The monoisotopic (exact) mass is 396 g/mol. The largest absolute Gasteiger partial charge is 0.497 e. The van der Waals surface area contributed by atoms with Crippen LogP contribution < -0.4 is 15.0 Å². The third-order valence-electron chi connectivity index (χ3n) is 5.76. The number of anilines is 1. The van der Waals surface area contributed by atoms with Crippen LogP contribution in [0.1, 0.15) is 36.4 Å². The molecule has 0 bridgehead atoms. The van der Waals surface area contributed by atoms with Crippen LogP contribution in [-0.4, -0.2) is 25.5 Å². The average Bonchev–Trinajstić information content (AvgIpc) is 3.48. The van der Waals surface area contributed by atoms with E-state index in [1.54, 1.807) is 26.2 Å². The second-order valence-corrected chi connectivity index (χ2v) is 7.96. The lowest BCUT2D eigenvalue weighted by molar-refractivity contribution is -0.127. The first-order valence-corrected chi connectivity index (χ1v) is 9.97. The molecule has 2 fully saturated rings. The molecule has 2 aliphatic rings. The highest BCUT2D eigenvalue weighted by molar-refractivity contribution is 6.00. The van der Waals surface area contributed by atoms with Crippen molar-refractivity contribution in [2.45, 2.75) is 32.2 Å². The number of nitrogens with one attached hydrogen (secondary N) is 1. The third kappa shape index (κ3) is 4.11. The van der Waals surface area contributed by atoms with Gasteiger partial charge in [0, 0.05) is 13.0 Å². The maximum atomic E-state index is 14.3. The highest BCUT2D eigenvalue weighted by Gasteiger charge is 2.39. The van der Waals surface area contributed by atoms with Gasteiger partial charge < -0.3 is 15.0 Å². The molecule has 1 aliphatic carbocycles. The van der Waals surface area contributed by atoms with E-state index in [2.05, 4.69) is 5.32 Å². The number of amides is 2. The van der Waals surface area contributed by atoms with Gasteiger partial charge in [-0.25, -0.2) is 4.39 Å². The van der Waals surface area contributed by atoms with Crippen LogP contribution in [-0.2, 0) is 9.59 Å². The molecule has 1 saturated heterocycles. The Morgan fingerprint density at radius 3 is 2.55 bits per heavy atom. The number of nitrogens with zero attached hydrogens (tertiary/aromatic N) is 1. The molecular weight excluding hydrogens is 371 g/mol. The Hall–Kier alpha value is -2.89. The van der Waals surface area contributed by atoms with Crippen molar-refractivity contribution in [1.29, 1.82) is 0 Å². The van der Waals surface area contributed by atoms with Crippen LogP contribution in [0.15, 0.2) is 42.5 Å². The van der Waals surface area contributed by atoms with Gasteiger partial charge in [0.1, 0.15) is 11.6 Å². The summed E-state index contributed by atoms with van der Waals surface area (Å²) in [7, 11) is 1.62. The maximum absolute atomic E-state index is 14.3. The van der Waals surface area contributed by atoms with Gasteiger partial charge in [0.2, 0.25) is 11.8 Å². The lowest BCUT2D eigenvalue weighted by atomic mass is 10.00. The fourth-order valence-corrected chi connectivity index (χ4v) is 3.93. The molecule has 152 valence electrons. The predicted octanol–water partition coefficient (Wildman–Crippen LogP) is 3.76. The smallest absolute Gasteiger partial charge is 0.227 e. The van der Waals surface area contributed by atoms with Crippen molar-refractivity contribution in [3.05, 3.63) is 59.4 Å². The van der Waals surface area contributed by atoms with Gasteiger partial charge in [-0.3, -0.25) is 9.59 Å². The number of ether oxygens (including phenoxy) is 1. The fourth-order valence-electron chi connectivity index (χ4n) is 3.93. The Balaban J connectivity index is 1.46. The molecule has 2 unspecified atom stereocenters. The van der Waals surface area contributed by atoms with E-state index in [1.165, 1.54) is 11.0 Å². The molecule has 0 spiro atoms. The summed E-state index contributed by atoms with van der Waals surface area (Å²) in [4.78, 5) is 26.8. The first-order chi connectivity index (χ1) is 14.0. The zero-order valence-electron chi connectivity index (χ0n) is 16.7. The van der Waals surface area contributed by atoms with Crippen LogP contribution in [0.3, 0.4) is 0 Å². The van der Waals surface area contributed by atoms with Gasteiger partial charge in [-0.2, -0.15) is 0 Å². The van der Waals surface area contributed by atoms with Crippen molar-refractivity contribution in [3.63, 3.8) is 0 Å². The van der Waals surface area contributed by atoms with Crippen LogP contribution in [0.4, 0.5) is 10.1 Å². The van der Waals surface area contributed by atoms with E-state index in [9.17, 15) is 14.0 Å². The number of hydrogen-bond donors (Lipinski definition) is 1. The number of halogens is 1. The topological polar surface area (TPSA) is 58.6 Å². The minimum Gasteiger partial charge on any atom is -0.497 e. The lowest BCUT2D eigenvalue weighted by Crippen LogP contribution is -2.36. The second kappa shape index (κ2) is 7.85. The van der Waals surface area contributed by atoms with Crippen molar-refractivity contribution < 1.29 is 18.7 Å². The van der Waals surface area contributed by atoms with Crippen molar-refractivity contribution >= 4 is 17.5 Å². The molecule has 1 aliphatic heterocycles. The first-order valence-electron chi connectivity index (χ1n) is 9.97. The first kappa shape index (κ1) is 19.4. The summed E-state index contributed by atoms with van der Waals surface area (Å²) in [6, 6.07) is 12.4. The van der Waals surface area contributed by atoms with Crippen LogP contribution in [0.2, 0.25) is 0 Å². The minimum atomic E-state index is -0.484. The van der Waals surface area contributed by atoms with Gasteiger partial charge >= 0.3 is 0 Å². The molecule has 2 aromatic carbocycles. The van der Waals surface area contributed by atoms with Gasteiger partial charge in [0.15, 0.2) is 0 Å². The Labute approximate surface area is 169 Å². The molecule has 0 aromatic heterocycles. The Bertz CT molecular complexity index is 924. The molecule has 5 nitrogen and oxygen atoms in total. The Morgan fingerprint density at radius 2 is 1.93 bits per heavy atom. The van der Waals surface area contributed by atoms with Crippen LogP contribution in [0.25, 0.3) is 0 Å². The SMILES string of the molecule is COc1ccc(C(NC(=O)C2CC(=O)N(c3ccc(C)cc3F)C2)C2CC2)cc1. The van der Waals surface area contributed by atoms with Gasteiger partial charge in [-0.05, 0) is 61.1 Å². The lowest BCUT2D eigenvalue weighted by Gasteiger charge is -2.22. The molecular formula is C23H25FN2O3. The number of aryl methyl sites for hydroxylation is 1. The quantitative estimate of drug-likeness (QED) is 0.809. The highest BCUT2D eigenvalue weighted by Crippen LogP contribution is 2.41. The van der Waals surface area contributed by atoms with E-state index in [4.69, 9.17) is 4.74 Å². The van der Waals surface area contributed by atoms with Gasteiger partial charge in [-0.1, -0.05) is 18.2 Å². The highest BCUT2D eigenvalue weighted by atomic mass is 19.1. The Morgan fingerprint density at radius 1 is 1.21 bits per heavy atom. The normalized spacial score (nSPS) is 19.9. The number of hydrogen-bond acceptors (Lipinski definition) is 3. The fraction of sp³-hybridized carbons (Fsp3) is 0.391. The van der Waals surface area contributed by atoms with E-state index < -0.39 is 11.7 Å². The van der Waals surface area contributed by atoms with Crippen molar-refractivity contribution in [1.82, 2.24) is 5.32 Å². The summed E-state index contributed by atoms with van der Waals surface area (Å²) < 4.78 is 19.5. The molecule has 1 heterocycles. The summed E-state index contributed by atoms with van der Waals surface area (Å²) in [6.07, 6.45) is 2.24. The number of methoxy groups -OCH3 is 1. The number of rotatable bonds is 6. The average molecular weight is 396 g/mol. The zero-order valence-corrected chi connectivity index (χ0v) is 16.7. The second-order valence-electron chi connectivity index (χ2n) is 7.96. The van der Waals surface area contributed by atoms with Crippen LogP contribution in [0, 0.1) is 24.6 Å². The molecule has 2 atom stereocenters. The summed E-state index contributed by atoms with van der Waals surface area (Å²) >= 11 is 0. The van der Waals surface area contributed by atoms with Crippen LogP contribution >= 0.6 is 0 Å². The number of carbonyl (C=O) groups is 2. The van der Waals surface area contributed by atoms with Gasteiger partial charge in [0.05, 0.1) is 24.8 Å². The summed E-state index contributed by atoms with van der Waals surface area (Å²) in [5.74, 6) is -0.112. The van der Waals surface area contributed by atoms with E-state index in [0.29, 0.717) is 5.92 Å². The summed E-state index contributed by atoms with van der Waals surface area (Å²) in [5, 5.41) is 3.14. The summed E-state index contributed by atoms with van der Waals surface area (Å²) in [5.41, 5.74) is 2.07. The standard InChI is InChI=1S/C23H25FN2O3/c1-14-3-10-20(19(24)11-14)26-13-17(12-21(26)27)23(28)25-22(15-4-5-15)16-6-8-18(29-2)9-7-16/h3,6-11,15,17,22H,4-5,12-13H2,1-2H3,(H,25,28). The number of carbonyl (C=O) groups excluding carboxylic acids is 2. The summed E-state index contributed by atoms with van der Waals surface area (Å²) in [6.45, 7) is 2.00. The molecule has 4 rings (SSSR count). The molecule has 0 radical (unpaired) electrons. The molecule has 1 N–H and O–H groups in total. The zero-order chi connectivity index (χ0) is 20.5. The van der Waals surface area contributed by atoms with Crippen molar-refractivity contribution in [2.24, 2.45) is 11.8 Å². The number of benzene rings is 2. The molecule has 6 heteroatoms. The van der Waals surface area contributed by atoms with E-state index in [-0.39, 0.29) is 36.5 Å².